The van der Waals surface area contributed by atoms with Crippen molar-refractivity contribution in [2.24, 2.45) is 7.05 Å². The first-order valence-electron chi connectivity index (χ1n) is 8.48. The van der Waals surface area contributed by atoms with Crippen LogP contribution in [0.3, 0.4) is 0 Å². The summed E-state index contributed by atoms with van der Waals surface area (Å²) in [5.74, 6) is 0.209. The van der Waals surface area contributed by atoms with Crippen LogP contribution in [0.4, 0.5) is 0 Å². The Kier molecular flexibility index (Phi) is 4.30. The molecule has 3 aromatic rings. The van der Waals surface area contributed by atoms with Crippen molar-refractivity contribution in [3.63, 3.8) is 0 Å². The number of rotatable bonds is 4. The number of methoxy groups -OCH3 is 1. The minimum atomic E-state index is -0.137. The van der Waals surface area contributed by atoms with Crippen molar-refractivity contribution in [1.29, 1.82) is 0 Å². The molecule has 1 fully saturated rings. The van der Waals surface area contributed by atoms with Crippen LogP contribution < -0.4 is 0 Å². The topological polar surface area (TPSA) is 73.4 Å². The number of aromatic nitrogens is 3. The van der Waals surface area contributed by atoms with E-state index in [-0.39, 0.29) is 17.9 Å². The third kappa shape index (κ3) is 2.90. The molecule has 4 rings (SSSR count). The molecule has 3 heterocycles. The molecule has 1 aliphatic rings. The molecule has 1 saturated heterocycles. The van der Waals surface area contributed by atoms with Crippen molar-refractivity contribution in [2.75, 3.05) is 20.2 Å². The van der Waals surface area contributed by atoms with E-state index in [0.717, 1.165) is 16.8 Å². The molecule has 0 spiro atoms. The van der Waals surface area contributed by atoms with Gasteiger partial charge in [-0.1, -0.05) is 35.5 Å². The van der Waals surface area contributed by atoms with Crippen LogP contribution in [0.25, 0.3) is 11.1 Å². The van der Waals surface area contributed by atoms with E-state index in [1.807, 2.05) is 49.6 Å². The van der Waals surface area contributed by atoms with Gasteiger partial charge in [0.2, 0.25) is 0 Å². The van der Waals surface area contributed by atoms with Crippen LogP contribution >= 0.6 is 0 Å². The minimum Gasteiger partial charge on any atom is -0.459 e. The van der Waals surface area contributed by atoms with E-state index in [2.05, 4.69) is 10.3 Å². The van der Waals surface area contributed by atoms with Gasteiger partial charge in [0.25, 0.3) is 5.91 Å². The second-order valence-corrected chi connectivity index (χ2v) is 6.44. The van der Waals surface area contributed by atoms with Crippen LogP contribution in [-0.2, 0) is 11.8 Å². The zero-order valence-corrected chi connectivity index (χ0v) is 14.7. The van der Waals surface area contributed by atoms with Gasteiger partial charge in [-0.15, -0.1) is 5.10 Å². The highest BCUT2D eigenvalue weighted by Gasteiger charge is 2.39. The molecule has 0 aliphatic carbocycles. The molecular weight excluding hydrogens is 332 g/mol. The fraction of sp³-hybridized carbons (Fsp3) is 0.316. The van der Waals surface area contributed by atoms with E-state index in [4.69, 9.17) is 9.15 Å². The number of amides is 1. The third-order valence-electron chi connectivity index (χ3n) is 4.80. The number of aryl methyl sites for hydroxylation is 1. The molecule has 2 atom stereocenters. The number of carbonyl (C=O) groups is 1. The normalized spacial score (nSPS) is 19.8. The highest BCUT2D eigenvalue weighted by molar-refractivity contribution is 5.98. The third-order valence-corrected chi connectivity index (χ3v) is 4.80. The van der Waals surface area contributed by atoms with Gasteiger partial charge in [0, 0.05) is 39.0 Å². The number of nitrogens with zero attached hydrogens (tertiary/aromatic N) is 4. The predicted molar refractivity (Wildman–Crippen MR) is 94.6 cm³/mol. The number of benzene rings is 1. The smallest absolute Gasteiger partial charge is 0.290 e. The zero-order valence-electron chi connectivity index (χ0n) is 14.7. The Labute approximate surface area is 151 Å². The van der Waals surface area contributed by atoms with E-state index in [1.165, 1.54) is 0 Å². The summed E-state index contributed by atoms with van der Waals surface area (Å²) < 4.78 is 12.8. The van der Waals surface area contributed by atoms with Gasteiger partial charge >= 0.3 is 0 Å². The van der Waals surface area contributed by atoms with E-state index in [1.54, 1.807) is 23.0 Å². The average Bonchev–Trinajstić information content (AvgIpc) is 3.40. The van der Waals surface area contributed by atoms with Crippen LogP contribution in [0.5, 0.6) is 0 Å². The molecule has 26 heavy (non-hydrogen) atoms. The number of ether oxygens (including phenoxy) is 1. The van der Waals surface area contributed by atoms with Crippen LogP contribution in [0, 0.1) is 0 Å². The SMILES string of the molecule is CO[C@@H]1CN(C(=O)c2occc2-c2ccccc2)C[C@H]1c1cn(C)nn1. The number of hydrogen-bond donors (Lipinski definition) is 0. The Morgan fingerprint density at radius 2 is 2.04 bits per heavy atom. The van der Waals surface area contributed by atoms with Crippen molar-refractivity contribution in [3.8, 4) is 11.1 Å². The first kappa shape index (κ1) is 16.5. The highest BCUT2D eigenvalue weighted by Crippen LogP contribution is 2.31. The van der Waals surface area contributed by atoms with Gasteiger partial charge in [0.1, 0.15) is 0 Å². The molecule has 0 unspecified atom stereocenters. The average molecular weight is 352 g/mol. The first-order valence-corrected chi connectivity index (χ1v) is 8.48. The Morgan fingerprint density at radius 1 is 1.23 bits per heavy atom. The monoisotopic (exact) mass is 352 g/mol. The van der Waals surface area contributed by atoms with Gasteiger partial charge in [0.15, 0.2) is 5.76 Å². The lowest BCUT2D eigenvalue weighted by molar-refractivity contribution is 0.0688. The Balaban J connectivity index is 1.59. The van der Waals surface area contributed by atoms with Crippen molar-refractivity contribution in [3.05, 3.63) is 60.3 Å². The summed E-state index contributed by atoms with van der Waals surface area (Å²) in [7, 11) is 3.48. The minimum absolute atomic E-state index is 0.00668. The first-order chi connectivity index (χ1) is 12.7. The van der Waals surface area contributed by atoms with Crippen molar-refractivity contribution in [1.82, 2.24) is 19.9 Å². The number of hydrogen-bond acceptors (Lipinski definition) is 5. The van der Waals surface area contributed by atoms with Crippen molar-refractivity contribution < 1.29 is 13.9 Å². The molecule has 1 aliphatic heterocycles. The molecule has 7 heteroatoms. The zero-order chi connectivity index (χ0) is 18.1. The van der Waals surface area contributed by atoms with Gasteiger partial charge in [-0.2, -0.15) is 0 Å². The molecule has 0 radical (unpaired) electrons. The highest BCUT2D eigenvalue weighted by atomic mass is 16.5. The molecule has 7 nitrogen and oxygen atoms in total. The summed E-state index contributed by atoms with van der Waals surface area (Å²) in [5, 5.41) is 8.18. The quantitative estimate of drug-likeness (QED) is 0.720. The van der Waals surface area contributed by atoms with E-state index >= 15 is 0 Å². The molecule has 1 amide bonds. The predicted octanol–water partition coefficient (Wildman–Crippen LogP) is 2.33. The van der Waals surface area contributed by atoms with Gasteiger partial charge in [-0.05, 0) is 11.6 Å². The van der Waals surface area contributed by atoms with E-state index < -0.39 is 0 Å². The molecule has 134 valence electrons. The summed E-state index contributed by atoms with van der Waals surface area (Å²) in [6, 6.07) is 11.6. The summed E-state index contributed by atoms with van der Waals surface area (Å²) in [4.78, 5) is 14.8. The lowest BCUT2D eigenvalue weighted by Crippen LogP contribution is -2.30. The van der Waals surface area contributed by atoms with E-state index in [0.29, 0.717) is 18.8 Å². The molecule has 0 N–H and O–H groups in total. The number of carbonyl (C=O) groups excluding carboxylic acids is 1. The van der Waals surface area contributed by atoms with Crippen LogP contribution in [0.15, 0.2) is 53.3 Å². The number of furan rings is 1. The lowest BCUT2D eigenvalue weighted by atomic mass is 10.0. The van der Waals surface area contributed by atoms with Crippen LogP contribution in [0.1, 0.15) is 22.2 Å². The Morgan fingerprint density at radius 3 is 2.73 bits per heavy atom. The van der Waals surface area contributed by atoms with Gasteiger partial charge in [-0.25, -0.2) is 0 Å². The fourth-order valence-electron chi connectivity index (χ4n) is 3.46. The largest absolute Gasteiger partial charge is 0.459 e. The second kappa shape index (κ2) is 6.76. The van der Waals surface area contributed by atoms with E-state index in [9.17, 15) is 4.79 Å². The van der Waals surface area contributed by atoms with Crippen molar-refractivity contribution in [2.45, 2.75) is 12.0 Å². The maximum atomic E-state index is 13.1. The maximum absolute atomic E-state index is 13.1. The van der Waals surface area contributed by atoms with Crippen LogP contribution in [0.2, 0.25) is 0 Å². The summed E-state index contributed by atoms with van der Waals surface area (Å²) in [5.41, 5.74) is 2.59. The molecule has 1 aromatic carbocycles. The Hall–Kier alpha value is -2.93. The summed E-state index contributed by atoms with van der Waals surface area (Å²) in [6.45, 7) is 1.01. The lowest BCUT2D eigenvalue weighted by Gasteiger charge is -2.15. The summed E-state index contributed by atoms with van der Waals surface area (Å²) >= 11 is 0. The maximum Gasteiger partial charge on any atom is 0.290 e. The van der Waals surface area contributed by atoms with Crippen molar-refractivity contribution >= 4 is 5.91 Å². The molecule has 0 saturated carbocycles. The fourth-order valence-corrected chi connectivity index (χ4v) is 3.46. The van der Waals surface area contributed by atoms with Gasteiger partial charge < -0.3 is 14.1 Å². The van der Waals surface area contributed by atoms with Crippen LogP contribution in [-0.4, -0.2) is 52.1 Å². The molecule has 0 bridgehead atoms. The van der Waals surface area contributed by atoms with Gasteiger partial charge in [0.05, 0.1) is 24.0 Å². The second-order valence-electron chi connectivity index (χ2n) is 6.44. The van der Waals surface area contributed by atoms with Gasteiger partial charge in [-0.3, -0.25) is 9.48 Å². The molecular formula is C19H20N4O3. The molecule has 2 aromatic heterocycles. The Bertz CT molecular complexity index is 902. The number of likely N-dealkylation sites (tertiary alicyclic amines) is 1. The standard InChI is InChI=1S/C19H20N4O3/c1-22-11-16(20-21-22)15-10-23(12-17(15)25-2)19(24)18-14(8-9-26-18)13-6-4-3-5-7-13/h3-9,11,15,17H,10,12H2,1-2H3/t15-,17+/m0/s1. The summed E-state index contributed by atoms with van der Waals surface area (Å²) in [6.07, 6.45) is 3.30.